The van der Waals surface area contributed by atoms with E-state index in [9.17, 15) is 0 Å². The van der Waals surface area contributed by atoms with Gasteiger partial charge in [0.15, 0.2) is 5.58 Å². The second-order valence-corrected chi connectivity index (χ2v) is 12.7. The van der Waals surface area contributed by atoms with Crippen LogP contribution in [-0.4, -0.2) is 19.5 Å². The van der Waals surface area contributed by atoms with E-state index >= 15 is 0 Å². The Kier molecular flexibility index (Phi) is 5.39. The summed E-state index contributed by atoms with van der Waals surface area (Å²) < 4.78 is 8.72. The van der Waals surface area contributed by atoms with Gasteiger partial charge in [-0.05, 0) is 62.7 Å². The van der Waals surface area contributed by atoms with Gasteiger partial charge in [0, 0.05) is 55.5 Å². The molecule has 0 saturated carbocycles. The number of imidazole rings is 1. The summed E-state index contributed by atoms with van der Waals surface area (Å²) in [5, 5.41) is 4.60. The summed E-state index contributed by atoms with van der Waals surface area (Å²) >= 11 is 0. The van der Waals surface area contributed by atoms with Crippen LogP contribution >= 0.6 is 0 Å². The Balaban J connectivity index is 1.26. The third-order valence-corrected chi connectivity index (χ3v) is 8.88. The minimum absolute atomic E-state index is 0.209. The molecule has 0 aliphatic heterocycles. The van der Waals surface area contributed by atoms with E-state index in [0.717, 1.165) is 77.8 Å². The predicted octanol–water partition coefficient (Wildman–Crippen LogP) is 10.7. The van der Waals surface area contributed by atoms with Crippen LogP contribution in [0.2, 0.25) is 0 Å². The lowest BCUT2D eigenvalue weighted by molar-refractivity contribution is 0.413. The first-order chi connectivity index (χ1) is 22.0. The minimum atomic E-state index is -0.209. The largest absolute Gasteiger partial charge is 0.454 e. The molecule has 5 heteroatoms. The van der Waals surface area contributed by atoms with Crippen LogP contribution in [0.4, 0.5) is 0 Å². The van der Waals surface area contributed by atoms with Crippen LogP contribution in [0.15, 0.2) is 126 Å². The van der Waals surface area contributed by atoms with Gasteiger partial charge in [-0.1, -0.05) is 78.9 Å². The maximum Gasteiger partial charge on any atom is 0.161 e. The first-order valence-corrected chi connectivity index (χ1v) is 15.3. The zero-order valence-electron chi connectivity index (χ0n) is 25.3. The molecule has 45 heavy (non-hydrogen) atoms. The average Bonchev–Trinajstić information content (AvgIpc) is 3.76. The van der Waals surface area contributed by atoms with E-state index in [1.165, 1.54) is 10.8 Å². The molecule has 0 radical (unpaired) electrons. The highest BCUT2D eigenvalue weighted by atomic mass is 16.3. The van der Waals surface area contributed by atoms with Crippen molar-refractivity contribution in [3.8, 4) is 33.8 Å². The molecular weight excluding hydrogens is 552 g/mol. The third-order valence-electron chi connectivity index (χ3n) is 8.88. The number of H-pyrrole nitrogens is 1. The number of hydrogen-bond acceptors (Lipinski definition) is 3. The van der Waals surface area contributed by atoms with Gasteiger partial charge in [-0.2, -0.15) is 0 Å². The highest BCUT2D eigenvalue weighted by Crippen LogP contribution is 2.41. The second-order valence-electron chi connectivity index (χ2n) is 12.7. The number of furan rings is 1. The summed E-state index contributed by atoms with van der Waals surface area (Å²) in [5.41, 5.74) is 10.9. The summed E-state index contributed by atoms with van der Waals surface area (Å²) in [6, 6.07) is 40.2. The summed E-state index contributed by atoms with van der Waals surface area (Å²) in [7, 11) is 0. The van der Waals surface area contributed by atoms with Crippen molar-refractivity contribution in [1.82, 2.24) is 19.5 Å². The van der Waals surface area contributed by atoms with Crippen LogP contribution in [0.3, 0.4) is 0 Å². The lowest BCUT2D eigenvalue weighted by atomic mass is 9.99. The van der Waals surface area contributed by atoms with E-state index in [-0.39, 0.29) is 5.54 Å². The van der Waals surface area contributed by atoms with Gasteiger partial charge in [-0.3, -0.25) is 4.98 Å². The normalized spacial score (nSPS) is 12.3. The lowest BCUT2D eigenvalue weighted by Crippen LogP contribution is -2.22. The molecule has 0 atom stereocenters. The number of aromatic amines is 1. The SMILES string of the molecule is CC(C)(C)n1c(-c2cccc3c2[nH]c2ccccc23)nc2c(-c3cccc(-c4nccc5c4oc4ccccc45)c3)cccc21. The van der Waals surface area contributed by atoms with Crippen molar-refractivity contribution in [1.29, 1.82) is 0 Å². The molecule has 9 rings (SSSR count). The molecule has 0 amide bonds. The van der Waals surface area contributed by atoms with Crippen molar-refractivity contribution in [3.05, 3.63) is 121 Å². The highest BCUT2D eigenvalue weighted by Gasteiger charge is 2.26. The number of nitrogens with one attached hydrogen (secondary N) is 1. The Morgan fingerprint density at radius 3 is 2.29 bits per heavy atom. The van der Waals surface area contributed by atoms with Crippen molar-refractivity contribution in [2.45, 2.75) is 26.3 Å². The van der Waals surface area contributed by atoms with Crippen molar-refractivity contribution < 1.29 is 4.42 Å². The number of aromatic nitrogens is 4. The molecule has 4 aromatic heterocycles. The molecule has 5 aromatic carbocycles. The van der Waals surface area contributed by atoms with Crippen molar-refractivity contribution >= 4 is 54.8 Å². The summed E-state index contributed by atoms with van der Waals surface area (Å²) in [4.78, 5) is 13.9. The highest BCUT2D eigenvalue weighted by molar-refractivity contribution is 6.12. The van der Waals surface area contributed by atoms with Gasteiger partial charge in [0.2, 0.25) is 0 Å². The number of pyridine rings is 1. The van der Waals surface area contributed by atoms with E-state index in [4.69, 9.17) is 14.4 Å². The standard InChI is InChI=1S/C40H30N4O/c1-40(2,3)44-33-19-10-15-26(37(33)43-39(44)31-17-9-16-29-27-13-4-6-18-32(27)42-36(29)31)24-11-8-12-25(23-24)35-38-30(21-22-41-35)28-14-5-7-20-34(28)45-38/h4-23,42H,1-3H3. The molecule has 0 saturated heterocycles. The number of benzene rings is 5. The topological polar surface area (TPSA) is 59.6 Å². The summed E-state index contributed by atoms with van der Waals surface area (Å²) in [6.07, 6.45) is 1.87. The van der Waals surface area contributed by atoms with E-state index < -0.39 is 0 Å². The Bertz CT molecular complexity index is 2590. The first kappa shape index (κ1) is 25.8. The monoisotopic (exact) mass is 582 g/mol. The predicted molar refractivity (Wildman–Crippen MR) is 185 cm³/mol. The molecule has 1 N–H and O–H groups in total. The van der Waals surface area contributed by atoms with Gasteiger partial charge in [0.05, 0.1) is 16.6 Å². The number of fused-ring (bicyclic) bond motifs is 7. The summed E-state index contributed by atoms with van der Waals surface area (Å²) in [6.45, 7) is 6.74. The minimum Gasteiger partial charge on any atom is -0.454 e. The molecule has 216 valence electrons. The van der Waals surface area contributed by atoms with E-state index in [0.29, 0.717) is 0 Å². The van der Waals surface area contributed by atoms with Crippen molar-refractivity contribution in [2.24, 2.45) is 0 Å². The van der Waals surface area contributed by atoms with Crippen molar-refractivity contribution in [2.75, 3.05) is 0 Å². The lowest BCUT2D eigenvalue weighted by Gasteiger charge is -2.25. The van der Waals surface area contributed by atoms with Gasteiger partial charge in [0.25, 0.3) is 0 Å². The average molecular weight is 583 g/mol. The fourth-order valence-corrected chi connectivity index (χ4v) is 6.94. The van der Waals surface area contributed by atoms with Gasteiger partial charge >= 0.3 is 0 Å². The third kappa shape index (κ3) is 3.87. The number of para-hydroxylation sites is 4. The van der Waals surface area contributed by atoms with Crippen LogP contribution in [-0.2, 0) is 5.54 Å². The van der Waals surface area contributed by atoms with Crippen LogP contribution in [0.5, 0.6) is 0 Å². The molecule has 4 heterocycles. The Morgan fingerprint density at radius 2 is 1.40 bits per heavy atom. The Hall–Kier alpha value is -5.68. The van der Waals surface area contributed by atoms with Crippen LogP contribution in [0.25, 0.3) is 88.5 Å². The van der Waals surface area contributed by atoms with Gasteiger partial charge < -0.3 is 14.0 Å². The molecular formula is C40H30N4O. The molecule has 0 unspecified atom stereocenters. The van der Waals surface area contributed by atoms with Gasteiger partial charge in [0.1, 0.15) is 17.1 Å². The second kappa shape index (κ2) is 9.41. The Labute approximate surface area is 259 Å². The zero-order valence-corrected chi connectivity index (χ0v) is 25.3. The maximum atomic E-state index is 6.34. The molecule has 0 fully saturated rings. The quantitative estimate of drug-likeness (QED) is 0.225. The molecule has 0 aliphatic rings. The number of hydrogen-bond donors (Lipinski definition) is 1. The van der Waals surface area contributed by atoms with Crippen molar-refractivity contribution in [3.63, 3.8) is 0 Å². The molecule has 5 nitrogen and oxygen atoms in total. The van der Waals surface area contributed by atoms with Crippen LogP contribution in [0.1, 0.15) is 20.8 Å². The van der Waals surface area contributed by atoms with Crippen LogP contribution in [0, 0.1) is 0 Å². The number of nitrogens with zero attached hydrogens (tertiary/aromatic N) is 3. The van der Waals surface area contributed by atoms with Gasteiger partial charge in [-0.15, -0.1) is 0 Å². The molecule has 0 aliphatic carbocycles. The molecule has 0 spiro atoms. The van der Waals surface area contributed by atoms with E-state index in [1.807, 2.05) is 30.5 Å². The van der Waals surface area contributed by atoms with Gasteiger partial charge in [-0.25, -0.2) is 4.98 Å². The molecule has 0 bridgehead atoms. The Morgan fingerprint density at radius 1 is 0.667 bits per heavy atom. The fraction of sp³-hybridized carbons (Fsp3) is 0.100. The van der Waals surface area contributed by atoms with Crippen LogP contribution < -0.4 is 0 Å². The maximum absolute atomic E-state index is 6.34. The fourth-order valence-electron chi connectivity index (χ4n) is 6.94. The zero-order chi connectivity index (χ0) is 30.3. The number of rotatable bonds is 3. The molecule has 9 aromatic rings. The summed E-state index contributed by atoms with van der Waals surface area (Å²) in [5.74, 6) is 0.951. The first-order valence-electron chi connectivity index (χ1n) is 15.3. The smallest absolute Gasteiger partial charge is 0.161 e. The van der Waals surface area contributed by atoms with E-state index in [2.05, 4.69) is 121 Å². The van der Waals surface area contributed by atoms with E-state index in [1.54, 1.807) is 0 Å².